The minimum Gasteiger partial charge on any atom is -0.372 e. The van der Waals surface area contributed by atoms with Crippen LogP contribution >= 0.6 is 0 Å². The van der Waals surface area contributed by atoms with Gasteiger partial charge < -0.3 is 14.8 Å². The number of benzene rings is 2. The van der Waals surface area contributed by atoms with Crippen molar-refractivity contribution in [2.45, 2.75) is 136 Å². The number of fused-ring (bicyclic) bond motifs is 2. The second kappa shape index (κ2) is 15.9. The molecule has 5 heterocycles. The average Bonchev–Trinajstić information content (AvgIpc) is 3.92. The third-order valence-corrected chi connectivity index (χ3v) is 12.3. The smallest absolute Gasteiger partial charge is 0.209 e. The summed E-state index contributed by atoms with van der Waals surface area (Å²) in [7, 11) is 0. The maximum absolute atomic E-state index is 10.6. The molecule has 3 aliphatic rings. The predicted octanol–water partition coefficient (Wildman–Crippen LogP) is 8.32. The van der Waals surface area contributed by atoms with Gasteiger partial charge in [-0.25, -0.2) is 0 Å². The van der Waals surface area contributed by atoms with Crippen molar-refractivity contribution in [1.82, 2.24) is 35.1 Å². The molecule has 302 valence electrons. The summed E-state index contributed by atoms with van der Waals surface area (Å²) < 4.78 is 12.5. The normalized spacial score (nSPS) is 20.7. The Bertz CT molecular complexity index is 2170. The predicted molar refractivity (Wildman–Crippen MR) is 226 cm³/mol. The van der Waals surface area contributed by atoms with E-state index in [0.717, 1.165) is 50.2 Å². The summed E-state index contributed by atoms with van der Waals surface area (Å²) >= 11 is 0. The molecule has 0 unspecified atom stereocenters. The van der Waals surface area contributed by atoms with Crippen LogP contribution in [0.4, 0.5) is 11.4 Å². The van der Waals surface area contributed by atoms with Crippen LogP contribution in [-0.2, 0) is 41.7 Å². The van der Waals surface area contributed by atoms with Gasteiger partial charge in [0.25, 0.3) is 0 Å². The van der Waals surface area contributed by atoms with Crippen molar-refractivity contribution in [2.24, 2.45) is 0 Å². The van der Waals surface area contributed by atoms with Gasteiger partial charge in [-0.15, -0.1) is 10.2 Å². The lowest BCUT2D eigenvalue weighted by Gasteiger charge is -2.51. The molecule has 1 saturated heterocycles. The molecule has 2 aromatic heterocycles. The standard InChI is InChI=1S/C46H62N9O2/c1-10-53-39-22-16-14-20-37(39)45(6,7)41(53)24-12-11-13-25-42-46(8,9)38-21-15-17-23-40(38)54(42)26-18-19-34-31-51(49-47-34)27-28-52-32-35(48-50-52)33-57-36-29-43(2,3)55(56)44(4,5)30-36/h11-17,20-25,31-32,36,56H,10,18-19,26-30,33H2,1-9H3/q+1. The summed E-state index contributed by atoms with van der Waals surface area (Å²) in [6, 6.07) is 17.6. The van der Waals surface area contributed by atoms with Gasteiger partial charge in [-0.05, 0) is 85.4 Å². The molecular formula is C46H62N9O2+. The topological polar surface area (TPSA) is 100 Å². The van der Waals surface area contributed by atoms with Crippen molar-refractivity contribution in [3.8, 4) is 0 Å². The molecular weight excluding hydrogens is 711 g/mol. The highest BCUT2D eigenvalue weighted by atomic mass is 16.5. The Labute approximate surface area is 339 Å². The first-order valence-electron chi connectivity index (χ1n) is 20.7. The van der Waals surface area contributed by atoms with Gasteiger partial charge in [0.05, 0.1) is 43.1 Å². The fourth-order valence-electron chi connectivity index (χ4n) is 9.42. The number of hydroxylamine groups is 2. The van der Waals surface area contributed by atoms with Crippen molar-refractivity contribution < 1.29 is 14.5 Å². The van der Waals surface area contributed by atoms with Crippen molar-refractivity contribution in [3.05, 3.63) is 120 Å². The van der Waals surface area contributed by atoms with E-state index in [1.807, 2.05) is 49.5 Å². The van der Waals surface area contributed by atoms with E-state index in [2.05, 4.69) is 144 Å². The highest BCUT2D eigenvalue weighted by Gasteiger charge is 2.46. The Morgan fingerprint density at radius 3 is 2.12 bits per heavy atom. The number of hydrogen-bond donors (Lipinski definition) is 1. The Hall–Kier alpha value is -4.71. The molecule has 0 saturated carbocycles. The molecule has 0 aliphatic carbocycles. The highest BCUT2D eigenvalue weighted by Crippen LogP contribution is 2.47. The maximum atomic E-state index is 10.6. The Kier molecular flexibility index (Phi) is 11.3. The fourth-order valence-corrected chi connectivity index (χ4v) is 9.42. The van der Waals surface area contributed by atoms with Crippen molar-refractivity contribution in [3.63, 3.8) is 0 Å². The number of aryl methyl sites for hydroxylation is 3. The molecule has 0 spiro atoms. The number of ether oxygens (including phenoxy) is 1. The number of anilines is 1. The van der Waals surface area contributed by atoms with Crippen molar-refractivity contribution in [1.29, 1.82) is 0 Å². The highest BCUT2D eigenvalue weighted by molar-refractivity contribution is 6.03. The fraction of sp³-hybridized carbons (Fsp3) is 0.500. The molecule has 1 fully saturated rings. The number of nitrogens with zero attached hydrogens (tertiary/aromatic N) is 9. The van der Waals surface area contributed by atoms with E-state index in [9.17, 15) is 5.21 Å². The Balaban J connectivity index is 0.947. The lowest BCUT2D eigenvalue weighted by Crippen LogP contribution is -2.60. The number of hydrogen-bond acceptors (Lipinski definition) is 8. The third kappa shape index (κ3) is 8.20. The van der Waals surface area contributed by atoms with Gasteiger partial charge in [-0.1, -0.05) is 78.9 Å². The Morgan fingerprint density at radius 1 is 0.789 bits per heavy atom. The molecule has 57 heavy (non-hydrogen) atoms. The first-order valence-corrected chi connectivity index (χ1v) is 20.7. The minimum absolute atomic E-state index is 0.0383. The second-order valence-corrected chi connectivity index (χ2v) is 18.2. The molecule has 7 rings (SSSR count). The van der Waals surface area contributed by atoms with Gasteiger partial charge in [-0.3, -0.25) is 9.36 Å². The zero-order valence-electron chi connectivity index (χ0n) is 35.5. The van der Waals surface area contributed by atoms with Gasteiger partial charge in [0.15, 0.2) is 5.71 Å². The summed E-state index contributed by atoms with van der Waals surface area (Å²) in [6.07, 6.45) is 18.4. The summed E-state index contributed by atoms with van der Waals surface area (Å²) in [6.45, 7) is 23.2. The number of aromatic nitrogens is 6. The molecule has 1 N–H and O–H groups in total. The van der Waals surface area contributed by atoms with E-state index in [1.165, 1.54) is 39.0 Å². The molecule has 0 amide bonds. The zero-order chi connectivity index (χ0) is 40.6. The minimum atomic E-state index is -0.356. The Morgan fingerprint density at radius 2 is 1.42 bits per heavy atom. The number of likely N-dealkylation sites (N-methyl/N-ethyl adjacent to an activating group) is 1. The zero-order valence-corrected chi connectivity index (χ0v) is 35.5. The van der Waals surface area contributed by atoms with E-state index in [4.69, 9.17) is 4.74 Å². The second-order valence-electron chi connectivity index (χ2n) is 18.2. The lowest BCUT2D eigenvalue weighted by atomic mass is 9.80. The van der Waals surface area contributed by atoms with E-state index in [-0.39, 0.29) is 28.0 Å². The van der Waals surface area contributed by atoms with Crippen LogP contribution in [0.5, 0.6) is 0 Å². The van der Waals surface area contributed by atoms with Gasteiger partial charge >= 0.3 is 0 Å². The first kappa shape index (κ1) is 40.5. The molecule has 3 aliphatic heterocycles. The molecule has 11 nitrogen and oxygen atoms in total. The van der Waals surface area contributed by atoms with Crippen LogP contribution in [0.2, 0.25) is 0 Å². The van der Waals surface area contributed by atoms with Crippen LogP contribution < -0.4 is 4.90 Å². The van der Waals surface area contributed by atoms with Crippen molar-refractivity contribution in [2.75, 3.05) is 18.0 Å². The van der Waals surface area contributed by atoms with Crippen molar-refractivity contribution >= 4 is 17.1 Å². The quantitative estimate of drug-likeness (QED) is 0.101. The maximum Gasteiger partial charge on any atom is 0.209 e. The van der Waals surface area contributed by atoms with Gasteiger partial charge in [0.2, 0.25) is 5.69 Å². The van der Waals surface area contributed by atoms with E-state index in [1.54, 1.807) is 0 Å². The number of allylic oxidation sites excluding steroid dienone is 6. The molecule has 0 radical (unpaired) electrons. The van der Waals surface area contributed by atoms with E-state index < -0.39 is 0 Å². The number of rotatable bonds is 14. The third-order valence-electron chi connectivity index (χ3n) is 12.3. The van der Waals surface area contributed by atoms with E-state index >= 15 is 0 Å². The van der Waals surface area contributed by atoms with Crippen LogP contribution in [-0.4, -0.2) is 80.8 Å². The summed E-state index contributed by atoms with van der Waals surface area (Å²) in [5, 5.41) is 29.7. The molecule has 0 atom stereocenters. The first-order chi connectivity index (χ1) is 27.1. The molecule has 2 aromatic carbocycles. The van der Waals surface area contributed by atoms with E-state index in [0.29, 0.717) is 19.7 Å². The molecule has 11 heteroatoms. The number of para-hydroxylation sites is 2. The summed E-state index contributed by atoms with van der Waals surface area (Å²) in [4.78, 5) is 2.44. The van der Waals surface area contributed by atoms with Crippen LogP contribution in [0.3, 0.4) is 0 Å². The van der Waals surface area contributed by atoms with Crippen LogP contribution in [0, 0.1) is 0 Å². The number of piperidine rings is 1. The van der Waals surface area contributed by atoms with Crippen LogP contribution in [0.1, 0.15) is 104 Å². The molecule has 4 aromatic rings. The summed E-state index contributed by atoms with van der Waals surface area (Å²) in [5.74, 6) is 0. The van der Waals surface area contributed by atoms with Crippen LogP contribution in [0.15, 0.2) is 97.0 Å². The lowest BCUT2D eigenvalue weighted by molar-refractivity contribution is -0.438. The monoisotopic (exact) mass is 773 g/mol. The van der Waals surface area contributed by atoms with Gasteiger partial charge in [0.1, 0.15) is 12.2 Å². The van der Waals surface area contributed by atoms with Crippen LogP contribution in [0.25, 0.3) is 0 Å². The molecule has 0 bridgehead atoms. The van der Waals surface area contributed by atoms with Gasteiger partial charge in [0, 0.05) is 64.7 Å². The average molecular weight is 773 g/mol. The summed E-state index contributed by atoms with van der Waals surface area (Å²) in [5.41, 5.74) is 8.87. The van der Waals surface area contributed by atoms with Gasteiger partial charge in [-0.2, -0.15) is 9.64 Å². The SMILES string of the molecule is CCN1C(=CC=CC=CC2=[N+](CCCc3cn(CCn4cc(COC5CC(C)(C)N(O)C(C)(C)C5)nn4)nn3)c3ccccc3C2(C)C)C(C)(C)c2ccccc21. The largest absolute Gasteiger partial charge is 0.372 e.